The summed E-state index contributed by atoms with van der Waals surface area (Å²) in [5, 5.41) is 13.8. The average Bonchev–Trinajstić information content (AvgIpc) is 3.29. The molecule has 0 spiro atoms. The standard InChI is InChI=1S/C27H34N6O/c1-7-23(25-29-30-31-33(25)27(4,5)6)32(16-20-11-9-8-10-12-20)17-21-15-22-18(2)13-14-19(3)24(22)28-26(21)34/h8-15,23H,7,16-17H2,1-6H3,(H,28,34)/t23-/m1/s1. The van der Waals surface area contributed by atoms with E-state index < -0.39 is 0 Å². The number of benzene rings is 2. The monoisotopic (exact) mass is 458 g/mol. The molecule has 0 radical (unpaired) electrons. The van der Waals surface area contributed by atoms with E-state index >= 15 is 0 Å². The van der Waals surface area contributed by atoms with Crippen LogP contribution in [0.1, 0.15) is 68.2 Å². The van der Waals surface area contributed by atoms with Gasteiger partial charge in [-0.3, -0.25) is 9.69 Å². The fraction of sp³-hybridized carbons (Fsp3) is 0.407. The van der Waals surface area contributed by atoms with Crippen LogP contribution in [0.15, 0.2) is 53.3 Å². The molecule has 1 N–H and O–H groups in total. The van der Waals surface area contributed by atoms with E-state index in [2.05, 4.69) is 84.3 Å². The minimum absolute atomic E-state index is 0.0514. The Balaban J connectivity index is 1.80. The molecular formula is C27H34N6O. The van der Waals surface area contributed by atoms with Crippen molar-refractivity contribution >= 4 is 10.9 Å². The van der Waals surface area contributed by atoms with Crippen LogP contribution in [0.4, 0.5) is 0 Å². The maximum absolute atomic E-state index is 13.2. The summed E-state index contributed by atoms with van der Waals surface area (Å²) < 4.78 is 1.90. The third kappa shape index (κ3) is 4.80. The first-order valence-corrected chi connectivity index (χ1v) is 11.9. The van der Waals surface area contributed by atoms with Crippen LogP contribution in [0.2, 0.25) is 0 Å². The fourth-order valence-corrected chi connectivity index (χ4v) is 4.53. The summed E-state index contributed by atoms with van der Waals surface area (Å²) in [7, 11) is 0. The summed E-state index contributed by atoms with van der Waals surface area (Å²) in [5.74, 6) is 0.815. The Kier molecular flexibility index (Phi) is 6.66. The number of nitrogens with one attached hydrogen (secondary N) is 1. The Morgan fingerprint density at radius 2 is 1.74 bits per heavy atom. The molecule has 34 heavy (non-hydrogen) atoms. The number of H-pyrrole nitrogens is 1. The predicted octanol–water partition coefficient (Wildman–Crippen LogP) is 5.04. The van der Waals surface area contributed by atoms with Crippen LogP contribution in [-0.4, -0.2) is 30.1 Å². The summed E-state index contributed by atoms with van der Waals surface area (Å²) in [4.78, 5) is 18.6. The summed E-state index contributed by atoms with van der Waals surface area (Å²) in [5.41, 5.74) is 4.75. The number of aromatic amines is 1. The third-order valence-electron chi connectivity index (χ3n) is 6.38. The highest BCUT2D eigenvalue weighted by molar-refractivity contribution is 5.85. The molecule has 1 atom stereocenters. The normalized spacial score (nSPS) is 13.0. The SMILES string of the molecule is CC[C@H](c1nnnn1C(C)(C)C)N(Cc1ccccc1)Cc1cc2c(C)ccc(C)c2[nH]c1=O. The Morgan fingerprint density at radius 3 is 2.41 bits per heavy atom. The van der Waals surface area contributed by atoms with Crippen molar-refractivity contribution in [3.8, 4) is 0 Å². The van der Waals surface area contributed by atoms with Gasteiger partial charge in [0.05, 0.1) is 17.1 Å². The average molecular weight is 459 g/mol. The molecule has 0 aliphatic heterocycles. The smallest absolute Gasteiger partial charge is 0.252 e. The van der Waals surface area contributed by atoms with E-state index in [0.29, 0.717) is 13.1 Å². The number of nitrogens with zero attached hydrogens (tertiary/aromatic N) is 5. The number of rotatable bonds is 7. The Morgan fingerprint density at radius 1 is 1.03 bits per heavy atom. The van der Waals surface area contributed by atoms with Crippen LogP contribution in [0.25, 0.3) is 10.9 Å². The maximum atomic E-state index is 13.2. The Bertz CT molecular complexity index is 1330. The second-order valence-electron chi connectivity index (χ2n) is 10.0. The van der Waals surface area contributed by atoms with Gasteiger partial charge in [0.15, 0.2) is 5.82 Å². The molecule has 2 aromatic carbocycles. The summed E-state index contributed by atoms with van der Waals surface area (Å²) in [6.07, 6.45) is 0.812. The van der Waals surface area contributed by atoms with Gasteiger partial charge < -0.3 is 4.98 Å². The first kappa shape index (κ1) is 23.8. The number of pyridine rings is 1. The molecule has 0 aliphatic carbocycles. The number of hydrogen-bond acceptors (Lipinski definition) is 5. The Hall–Kier alpha value is -3.32. The molecule has 0 amide bonds. The molecule has 0 unspecified atom stereocenters. The summed E-state index contributed by atoms with van der Waals surface area (Å²) in [6.45, 7) is 13.7. The molecule has 0 bridgehead atoms. The summed E-state index contributed by atoms with van der Waals surface area (Å²) >= 11 is 0. The fourth-order valence-electron chi connectivity index (χ4n) is 4.53. The van der Waals surface area contributed by atoms with Crippen molar-refractivity contribution in [1.82, 2.24) is 30.1 Å². The van der Waals surface area contributed by atoms with Crippen molar-refractivity contribution in [2.24, 2.45) is 0 Å². The lowest BCUT2D eigenvalue weighted by Crippen LogP contribution is -2.35. The molecule has 0 aliphatic rings. The Labute approximate surface area is 200 Å². The van der Waals surface area contributed by atoms with Gasteiger partial charge in [0, 0.05) is 24.0 Å². The van der Waals surface area contributed by atoms with Gasteiger partial charge in [0.1, 0.15) is 0 Å². The van der Waals surface area contributed by atoms with Gasteiger partial charge in [-0.15, -0.1) is 5.10 Å². The lowest BCUT2D eigenvalue weighted by atomic mass is 10.0. The minimum Gasteiger partial charge on any atom is -0.321 e. The van der Waals surface area contributed by atoms with E-state index in [9.17, 15) is 4.79 Å². The van der Waals surface area contributed by atoms with Crippen LogP contribution in [0.5, 0.6) is 0 Å². The number of aromatic nitrogens is 5. The number of hydrogen-bond donors (Lipinski definition) is 1. The van der Waals surface area contributed by atoms with Gasteiger partial charge in [-0.2, -0.15) is 0 Å². The quantitative estimate of drug-likeness (QED) is 0.420. The molecule has 0 fully saturated rings. The van der Waals surface area contributed by atoms with E-state index in [1.54, 1.807) is 0 Å². The van der Waals surface area contributed by atoms with Gasteiger partial charge in [0.25, 0.3) is 5.56 Å². The van der Waals surface area contributed by atoms with Gasteiger partial charge in [-0.1, -0.05) is 49.4 Å². The van der Waals surface area contributed by atoms with Crippen LogP contribution in [-0.2, 0) is 18.6 Å². The van der Waals surface area contributed by atoms with Crippen molar-refractivity contribution in [3.05, 3.63) is 87.0 Å². The molecule has 2 aromatic heterocycles. The minimum atomic E-state index is -0.250. The van der Waals surface area contributed by atoms with Crippen molar-refractivity contribution in [3.63, 3.8) is 0 Å². The number of fused-ring (bicyclic) bond motifs is 1. The first-order chi connectivity index (χ1) is 16.2. The molecule has 4 aromatic rings. The van der Waals surface area contributed by atoms with E-state index in [4.69, 9.17) is 0 Å². The van der Waals surface area contributed by atoms with Crippen LogP contribution < -0.4 is 5.56 Å². The lowest BCUT2D eigenvalue weighted by Gasteiger charge is -2.32. The molecule has 0 saturated heterocycles. The summed E-state index contributed by atoms with van der Waals surface area (Å²) in [6, 6.07) is 16.5. The molecule has 178 valence electrons. The maximum Gasteiger partial charge on any atom is 0.252 e. The first-order valence-electron chi connectivity index (χ1n) is 11.9. The molecular weight excluding hydrogens is 424 g/mol. The molecule has 4 rings (SSSR count). The number of aryl methyl sites for hydroxylation is 2. The van der Waals surface area contributed by atoms with Gasteiger partial charge in [0.2, 0.25) is 0 Å². The second-order valence-corrected chi connectivity index (χ2v) is 10.0. The molecule has 7 heteroatoms. The molecule has 0 saturated carbocycles. The van der Waals surface area contributed by atoms with Gasteiger partial charge in [-0.05, 0) is 74.2 Å². The van der Waals surface area contributed by atoms with Crippen LogP contribution in [0.3, 0.4) is 0 Å². The van der Waals surface area contributed by atoms with Gasteiger partial charge >= 0.3 is 0 Å². The third-order valence-corrected chi connectivity index (χ3v) is 6.38. The highest BCUT2D eigenvalue weighted by Crippen LogP contribution is 2.29. The van der Waals surface area contributed by atoms with Crippen molar-refractivity contribution in [1.29, 1.82) is 0 Å². The van der Waals surface area contributed by atoms with Crippen LogP contribution >= 0.6 is 0 Å². The largest absolute Gasteiger partial charge is 0.321 e. The van der Waals surface area contributed by atoms with Crippen molar-refractivity contribution in [2.75, 3.05) is 0 Å². The molecule has 2 heterocycles. The van der Waals surface area contributed by atoms with E-state index in [-0.39, 0.29) is 17.1 Å². The predicted molar refractivity (Wildman–Crippen MR) is 136 cm³/mol. The zero-order valence-corrected chi connectivity index (χ0v) is 21.0. The van der Waals surface area contributed by atoms with E-state index in [1.807, 2.05) is 35.9 Å². The zero-order chi connectivity index (χ0) is 24.5. The highest BCUT2D eigenvalue weighted by Gasteiger charge is 2.29. The number of tetrazole rings is 1. The molecule has 7 nitrogen and oxygen atoms in total. The zero-order valence-electron chi connectivity index (χ0n) is 21.0. The second kappa shape index (κ2) is 9.50. The van der Waals surface area contributed by atoms with Crippen molar-refractivity contribution in [2.45, 2.75) is 72.6 Å². The van der Waals surface area contributed by atoms with Gasteiger partial charge in [-0.25, -0.2) is 4.68 Å². The van der Waals surface area contributed by atoms with Crippen molar-refractivity contribution < 1.29 is 0 Å². The topological polar surface area (TPSA) is 79.7 Å². The van der Waals surface area contributed by atoms with E-state index in [0.717, 1.165) is 39.8 Å². The van der Waals surface area contributed by atoms with Crippen LogP contribution in [0, 0.1) is 13.8 Å². The van der Waals surface area contributed by atoms with E-state index in [1.165, 1.54) is 5.56 Å². The highest BCUT2D eigenvalue weighted by atomic mass is 16.1. The lowest BCUT2D eigenvalue weighted by molar-refractivity contribution is 0.153.